The van der Waals surface area contributed by atoms with Crippen molar-refractivity contribution in [3.05, 3.63) is 53.7 Å². The van der Waals surface area contributed by atoms with E-state index < -0.39 is 0 Å². The summed E-state index contributed by atoms with van der Waals surface area (Å²) in [5.74, 6) is 1.42. The van der Waals surface area contributed by atoms with Crippen LogP contribution in [0.15, 0.2) is 42.6 Å². The van der Waals surface area contributed by atoms with E-state index in [-0.39, 0.29) is 6.04 Å². The standard InChI is InChI=1S/C16H20N2O2/c1-12(17)10-13-5-7-15(8-6-13)20-11-14-4-3-9-18-16(14)19-2/h3-9,12H,10-11,17H2,1-2H3. The molecule has 0 bridgehead atoms. The minimum absolute atomic E-state index is 0.168. The van der Waals surface area contributed by atoms with Gasteiger partial charge in [-0.25, -0.2) is 4.98 Å². The van der Waals surface area contributed by atoms with Gasteiger partial charge in [-0.2, -0.15) is 0 Å². The summed E-state index contributed by atoms with van der Waals surface area (Å²) < 4.78 is 10.9. The highest BCUT2D eigenvalue weighted by Gasteiger charge is 2.04. The van der Waals surface area contributed by atoms with Crippen molar-refractivity contribution in [2.24, 2.45) is 5.73 Å². The Morgan fingerprint density at radius 1 is 1.20 bits per heavy atom. The Kier molecular flexibility index (Phi) is 4.96. The summed E-state index contributed by atoms with van der Waals surface area (Å²) >= 11 is 0. The number of benzene rings is 1. The third kappa shape index (κ3) is 3.96. The number of aromatic nitrogens is 1. The molecule has 20 heavy (non-hydrogen) atoms. The van der Waals surface area contributed by atoms with Crippen molar-refractivity contribution in [2.45, 2.75) is 26.0 Å². The Bertz CT molecular complexity index is 538. The predicted octanol–water partition coefficient (Wildman–Crippen LogP) is 2.56. The van der Waals surface area contributed by atoms with Crippen LogP contribution in [0.5, 0.6) is 11.6 Å². The van der Waals surface area contributed by atoms with Crippen LogP contribution in [0.3, 0.4) is 0 Å². The van der Waals surface area contributed by atoms with Crippen LogP contribution in [0, 0.1) is 0 Å². The van der Waals surface area contributed by atoms with Crippen LogP contribution in [-0.4, -0.2) is 18.1 Å². The maximum atomic E-state index is 5.78. The first-order valence-electron chi connectivity index (χ1n) is 6.64. The van der Waals surface area contributed by atoms with Crippen molar-refractivity contribution >= 4 is 0 Å². The van der Waals surface area contributed by atoms with Crippen LogP contribution in [0.25, 0.3) is 0 Å². The number of rotatable bonds is 6. The Hall–Kier alpha value is -2.07. The minimum atomic E-state index is 0.168. The molecule has 0 saturated heterocycles. The Morgan fingerprint density at radius 2 is 1.95 bits per heavy atom. The molecule has 1 heterocycles. The van der Waals surface area contributed by atoms with Gasteiger partial charge in [0.2, 0.25) is 5.88 Å². The topological polar surface area (TPSA) is 57.4 Å². The van der Waals surface area contributed by atoms with Crippen LogP contribution in [0.2, 0.25) is 0 Å². The van der Waals surface area contributed by atoms with E-state index in [1.165, 1.54) is 5.56 Å². The average molecular weight is 272 g/mol. The van der Waals surface area contributed by atoms with Crippen LogP contribution in [0.1, 0.15) is 18.1 Å². The fourth-order valence-corrected chi connectivity index (χ4v) is 1.97. The molecule has 2 rings (SSSR count). The fourth-order valence-electron chi connectivity index (χ4n) is 1.97. The molecule has 1 aromatic heterocycles. The first-order valence-corrected chi connectivity index (χ1v) is 6.64. The van der Waals surface area contributed by atoms with Crippen LogP contribution in [-0.2, 0) is 13.0 Å². The van der Waals surface area contributed by atoms with E-state index in [1.807, 2.05) is 43.3 Å². The molecule has 106 valence electrons. The lowest BCUT2D eigenvalue weighted by Gasteiger charge is -2.10. The minimum Gasteiger partial charge on any atom is -0.489 e. The number of nitrogens with two attached hydrogens (primary N) is 1. The number of ether oxygens (including phenoxy) is 2. The molecule has 0 saturated carbocycles. The van der Waals surface area contributed by atoms with Crippen LogP contribution in [0.4, 0.5) is 0 Å². The highest BCUT2D eigenvalue weighted by molar-refractivity contribution is 5.29. The van der Waals surface area contributed by atoms with Gasteiger partial charge in [0.25, 0.3) is 0 Å². The highest BCUT2D eigenvalue weighted by atomic mass is 16.5. The molecule has 4 heteroatoms. The number of hydrogen-bond donors (Lipinski definition) is 1. The fraction of sp³-hybridized carbons (Fsp3) is 0.312. The van der Waals surface area contributed by atoms with Crippen molar-refractivity contribution in [2.75, 3.05) is 7.11 Å². The number of pyridine rings is 1. The van der Waals surface area contributed by atoms with Gasteiger partial charge in [0.15, 0.2) is 0 Å². The molecule has 0 aliphatic rings. The number of methoxy groups -OCH3 is 1. The second kappa shape index (κ2) is 6.91. The van der Waals surface area contributed by atoms with Crippen molar-refractivity contribution in [1.82, 2.24) is 4.98 Å². The molecule has 0 spiro atoms. The lowest BCUT2D eigenvalue weighted by Crippen LogP contribution is -2.17. The van der Waals surface area contributed by atoms with E-state index >= 15 is 0 Å². The van der Waals surface area contributed by atoms with Crippen LogP contribution < -0.4 is 15.2 Å². The van der Waals surface area contributed by atoms with Crippen molar-refractivity contribution < 1.29 is 9.47 Å². The lowest BCUT2D eigenvalue weighted by atomic mass is 10.1. The van der Waals surface area contributed by atoms with Gasteiger partial charge in [0.1, 0.15) is 12.4 Å². The van der Waals surface area contributed by atoms with Crippen molar-refractivity contribution in [1.29, 1.82) is 0 Å². The van der Waals surface area contributed by atoms with Crippen molar-refractivity contribution in [3.8, 4) is 11.6 Å². The molecule has 0 aliphatic carbocycles. The van der Waals surface area contributed by atoms with Gasteiger partial charge in [-0.1, -0.05) is 12.1 Å². The summed E-state index contributed by atoms with van der Waals surface area (Å²) in [4.78, 5) is 4.14. The Labute approximate surface area is 119 Å². The molecular formula is C16H20N2O2. The zero-order valence-electron chi connectivity index (χ0n) is 11.9. The van der Waals surface area contributed by atoms with Gasteiger partial charge in [-0.05, 0) is 43.2 Å². The van der Waals surface area contributed by atoms with Gasteiger partial charge in [-0.15, -0.1) is 0 Å². The molecule has 1 aromatic carbocycles. The molecule has 0 radical (unpaired) electrons. The molecule has 2 N–H and O–H groups in total. The maximum absolute atomic E-state index is 5.78. The summed E-state index contributed by atoms with van der Waals surface area (Å²) in [6.45, 7) is 2.43. The molecule has 0 fully saturated rings. The Balaban J connectivity index is 1.97. The SMILES string of the molecule is COc1ncccc1COc1ccc(CC(C)N)cc1. The maximum Gasteiger partial charge on any atom is 0.219 e. The summed E-state index contributed by atoms with van der Waals surface area (Å²) in [5.41, 5.74) is 7.92. The second-order valence-corrected chi connectivity index (χ2v) is 4.79. The van der Waals surface area contributed by atoms with Crippen LogP contribution >= 0.6 is 0 Å². The van der Waals surface area contributed by atoms with Gasteiger partial charge in [0.05, 0.1) is 12.7 Å². The van der Waals surface area contributed by atoms with Gasteiger partial charge < -0.3 is 15.2 Å². The predicted molar refractivity (Wildman–Crippen MR) is 78.9 cm³/mol. The zero-order valence-corrected chi connectivity index (χ0v) is 11.9. The molecule has 0 aliphatic heterocycles. The van der Waals surface area contributed by atoms with E-state index in [4.69, 9.17) is 15.2 Å². The quantitative estimate of drug-likeness (QED) is 0.878. The third-order valence-electron chi connectivity index (χ3n) is 2.92. The highest BCUT2D eigenvalue weighted by Crippen LogP contribution is 2.18. The number of hydrogen-bond acceptors (Lipinski definition) is 4. The zero-order chi connectivity index (χ0) is 14.4. The molecule has 4 nitrogen and oxygen atoms in total. The summed E-state index contributed by atoms with van der Waals surface area (Å²) in [7, 11) is 1.61. The molecule has 1 unspecified atom stereocenters. The largest absolute Gasteiger partial charge is 0.489 e. The summed E-state index contributed by atoms with van der Waals surface area (Å²) in [6.07, 6.45) is 2.57. The summed E-state index contributed by atoms with van der Waals surface area (Å²) in [6, 6.07) is 12.0. The molecule has 0 amide bonds. The average Bonchev–Trinajstić information content (AvgIpc) is 2.46. The number of nitrogens with zero attached hydrogens (tertiary/aromatic N) is 1. The Morgan fingerprint density at radius 3 is 2.60 bits per heavy atom. The molecular weight excluding hydrogens is 252 g/mol. The van der Waals surface area contributed by atoms with E-state index in [0.717, 1.165) is 17.7 Å². The lowest BCUT2D eigenvalue weighted by molar-refractivity contribution is 0.294. The first-order chi connectivity index (χ1) is 9.69. The van der Waals surface area contributed by atoms with Gasteiger partial charge in [0, 0.05) is 12.2 Å². The smallest absolute Gasteiger partial charge is 0.219 e. The second-order valence-electron chi connectivity index (χ2n) is 4.79. The van der Waals surface area contributed by atoms with Gasteiger partial charge >= 0.3 is 0 Å². The molecule has 1 atom stereocenters. The molecule has 2 aromatic rings. The van der Waals surface area contributed by atoms with E-state index in [2.05, 4.69) is 4.98 Å². The monoisotopic (exact) mass is 272 g/mol. The third-order valence-corrected chi connectivity index (χ3v) is 2.92. The summed E-state index contributed by atoms with van der Waals surface area (Å²) in [5, 5.41) is 0. The van der Waals surface area contributed by atoms with Crippen molar-refractivity contribution in [3.63, 3.8) is 0 Å². The van der Waals surface area contributed by atoms with E-state index in [1.54, 1.807) is 13.3 Å². The van der Waals surface area contributed by atoms with Gasteiger partial charge in [-0.3, -0.25) is 0 Å². The van der Waals surface area contributed by atoms with E-state index in [0.29, 0.717) is 12.5 Å². The first kappa shape index (κ1) is 14.3. The van der Waals surface area contributed by atoms with E-state index in [9.17, 15) is 0 Å². The normalized spacial score (nSPS) is 11.9.